The predicted molar refractivity (Wildman–Crippen MR) is 128 cm³/mol. The van der Waals surface area contributed by atoms with Gasteiger partial charge in [-0.15, -0.1) is 0 Å². The highest BCUT2D eigenvalue weighted by Crippen LogP contribution is 2.40. The standard InChI is InChI=1S/C27H24O2.2H3N/c1-2-23(24-17-9-11-19-26(24)28-21-13-5-3-6-14-21)25-18-10-12-20-27(25)29-22-15-7-4-8-16-22;;/h3-20,23H,2H2,1H3;2*1H3. The average molecular weight is 415 g/mol. The van der Waals surface area contributed by atoms with Crippen molar-refractivity contribution in [2.24, 2.45) is 0 Å². The molecule has 0 amide bonds. The summed E-state index contributed by atoms with van der Waals surface area (Å²) in [6.07, 6.45) is 0.935. The van der Waals surface area contributed by atoms with Gasteiger partial charge in [0.15, 0.2) is 0 Å². The van der Waals surface area contributed by atoms with Crippen LogP contribution in [-0.2, 0) is 0 Å². The monoisotopic (exact) mass is 414 g/mol. The SMILES string of the molecule is CCC(c1ccccc1Oc1ccccc1)c1ccccc1Oc1ccccc1.N.N. The minimum Gasteiger partial charge on any atom is -0.457 e. The zero-order chi connectivity index (χ0) is 19.9. The zero-order valence-electron chi connectivity index (χ0n) is 17.9. The van der Waals surface area contributed by atoms with E-state index in [1.54, 1.807) is 0 Å². The van der Waals surface area contributed by atoms with Crippen LogP contribution in [0.4, 0.5) is 0 Å². The molecular formula is C27H30N2O2. The molecule has 6 N–H and O–H groups in total. The van der Waals surface area contributed by atoms with Crippen molar-refractivity contribution >= 4 is 0 Å². The van der Waals surface area contributed by atoms with E-state index in [0.29, 0.717) is 0 Å². The molecule has 0 aromatic heterocycles. The number of para-hydroxylation sites is 4. The van der Waals surface area contributed by atoms with Crippen LogP contribution in [0.15, 0.2) is 109 Å². The van der Waals surface area contributed by atoms with Gasteiger partial charge in [0, 0.05) is 17.0 Å². The Morgan fingerprint density at radius 1 is 0.516 bits per heavy atom. The second kappa shape index (κ2) is 11.6. The minimum atomic E-state index is 0. The van der Waals surface area contributed by atoms with Gasteiger partial charge in [-0.1, -0.05) is 79.7 Å². The second-order valence-electron chi connectivity index (χ2n) is 6.87. The summed E-state index contributed by atoms with van der Waals surface area (Å²) < 4.78 is 12.5. The molecule has 0 atom stereocenters. The van der Waals surface area contributed by atoms with E-state index in [1.165, 1.54) is 0 Å². The highest BCUT2D eigenvalue weighted by molar-refractivity contribution is 5.49. The molecule has 4 heteroatoms. The molecule has 0 fully saturated rings. The molecule has 0 saturated carbocycles. The molecule has 31 heavy (non-hydrogen) atoms. The van der Waals surface area contributed by atoms with Gasteiger partial charge in [0.2, 0.25) is 0 Å². The van der Waals surface area contributed by atoms with Crippen molar-refractivity contribution in [2.75, 3.05) is 0 Å². The molecule has 0 radical (unpaired) electrons. The lowest BCUT2D eigenvalue weighted by molar-refractivity contribution is 0.461. The lowest BCUT2D eigenvalue weighted by atomic mass is 9.88. The summed E-state index contributed by atoms with van der Waals surface area (Å²) in [6.45, 7) is 2.20. The van der Waals surface area contributed by atoms with E-state index in [4.69, 9.17) is 9.47 Å². The summed E-state index contributed by atoms with van der Waals surface area (Å²) in [5.74, 6) is 3.59. The zero-order valence-corrected chi connectivity index (χ0v) is 17.9. The first kappa shape index (κ1) is 23.7. The van der Waals surface area contributed by atoms with Crippen LogP contribution in [0.3, 0.4) is 0 Å². The molecule has 0 heterocycles. The Bertz CT molecular complexity index is 968. The molecule has 4 nitrogen and oxygen atoms in total. The summed E-state index contributed by atoms with van der Waals surface area (Å²) in [4.78, 5) is 0. The predicted octanol–water partition coefficient (Wildman–Crippen LogP) is 8.14. The molecule has 4 rings (SSSR count). The van der Waals surface area contributed by atoms with E-state index in [1.807, 2.05) is 84.9 Å². The van der Waals surface area contributed by atoms with Crippen molar-refractivity contribution in [1.29, 1.82) is 0 Å². The van der Waals surface area contributed by atoms with E-state index < -0.39 is 0 Å². The van der Waals surface area contributed by atoms with Crippen molar-refractivity contribution in [1.82, 2.24) is 12.3 Å². The quantitative estimate of drug-likeness (QED) is 0.319. The number of hydrogen-bond donors (Lipinski definition) is 2. The van der Waals surface area contributed by atoms with E-state index in [0.717, 1.165) is 40.5 Å². The fourth-order valence-corrected chi connectivity index (χ4v) is 3.56. The summed E-state index contributed by atoms with van der Waals surface area (Å²) in [6, 6.07) is 36.3. The largest absolute Gasteiger partial charge is 0.457 e. The first-order chi connectivity index (χ1) is 14.3. The molecule has 0 bridgehead atoms. The van der Waals surface area contributed by atoms with Gasteiger partial charge in [0.25, 0.3) is 0 Å². The van der Waals surface area contributed by atoms with E-state index >= 15 is 0 Å². The van der Waals surface area contributed by atoms with Gasteiger partial charge < -0.3 is 21.8 Å². The van der Waals surface area contributed by atoms with Crippen LogP contribution < -0.4 is 21.8 Å². The van der Waals surface area contributed by atoms with Crippen molar-refractivity contribution in [3.63, 3.8) is 0 Å². The lowest BCUT2D eigenvalue weighted by Crippen LogP contribution is -2.04. The Balaban J connectivity index is 0.00000171. The Kier molecular flexibility index (Phi) is 8.82. The van der Waals surface area contributed by atoms with Gasteiger partial charge in [-0.25, -0.2) is 0 Å². The number of benzene rings is 4. The smallest absolute Gasteiger partial charge is 0.131 e. The number of ether oxygens (including phenoxy) is 2. The lowest BCUT2D eigenvalue weighted by Gasteiger charge is -2.22. The van der Waals surface area contributed by atoms with Gasteiger partial charge in [0.05, 0.1) is 0 Å². The molecule has 0 unspecified atom stereocenters. The van der Waals surface area contributed by atoms with E-state index in [2.05, 4.69) is 31.2 Å². The van der Waals surface area contributed by atoms with Crippen LogP contribution >= 0.6 is 0 Å². The first-order valence-electron chi connectivity index (χ1n) is 9.99. The molecule has 0 aliphatic rings. The summed E-state index contributed by atoms with van der Waals surface area (Å²) >= 11 is 0. The molecule has 0 aliphatic heterocycles. The molecule has 160 valence electrons. The normalized spacial score (nSPS) is 10.0. The third-order valence-electron chi connectivity index (χ3n) is 4.94. The Hall–Kier alpha value is -3.60. The molecule has 4 aromatic rings. The van der Waals surface area contributed by atoms with E-state index in [9.17, 15) is 0 Å². The molecule has 0 saturated heterocycles. The third-order valence-corrected chi connectivity index (χ3v) is 4.94. The van der Waals surface area contributed by atoms with Gasteiger partial charge >= 0.3 is 0 Å². The molecular weight excluding hydrogens is 384 g/mol. The maximum Gasteiger partial charge on any atom is 0.131 e. The van der Waals surface area contributed by atoms with Crippen molar-refractivity contribution in [2.45, 2.75) is 19.3 Å². The maximum atomic E-state index is 6.23. The number of hydrogen-bond acceptors (Lipinski definition) is 4. The fraction of sp³-hybridized carbons (Fsp3) is 0.111. The minimum absolute atomic E-state index is 0. The van der Waals surface area contributed by atoms with Gasteiger partial charge in [0.1, 0.15) is 23.0 Å². The summed E-state index contributed by atoms with van der Waals surface area (Å²) in [7, 11) is 0. The van der Waals surface area contributed by atoms with Crippen LogP contribution in [0.1, 0.15) is 30.4 Å². The topological polar surface area (TPSA) is 88.5 Å². The van der Waals surface area contributed by atoms with E-state index in [-0.39, 0.29) is 18.2 Å². The van der Waals surface area contributed by atoms with Crippen molar-refractivity contribution in [3.05, 3.63) is 120 Å². The average Bonchev–Trinajstić information content (AvgIpc) is 2.78. The van der Waals surface area contributed by atoms with Crippen LogP contribution in [0.2, 0.25) is 0 Å². The molecule has 0 spiro atoms. The molecule has 0 aliphatic carbocycles. The Morgan fingerprint density at radius 2 is 0.871 bits per heavy atom. The van der Waals surface area contributed by atoms with Crippen molar-refractivity contribution < 1.29 is 9.47 Å². The van der Waals surface area contributed by atoms with Crippen LogP contribution in [0, 0.1) is 0 Å². The second-order valence-corrected chi connectivity index (χ2v) is 6.87. The molecule has 4 aromatic carbocycles. The van der Waals surface area contributed by atoms with Crippen LogP contribution in [-0.4, -0.2) is 0 Å². The maximum absolute atomic E-state index is 6.23. The van der Waals surface area contributed by atoms with Crippen LogP contribution in [0.5, 0.6) is 23.0 Å². The summed E-state index contributed by atoms with van der Waals surface area (Å²) in [5.41, 5.74) is 2.31. The highest BCUT2D eigenvalue weighted by atomic mass is 16.5. The fourth-order valence-electron chi connectivity index (χ4n) is 3.56. The third kappa shape index (κ3) is 5.72. The van der Waals surface area contributed by atoms with Crippen LogP contribution in [0.25, 0.3) is 0 Å². The summed E-state index contributed by atoms with van der Waals surface area (Å²) in [5, 5.41) is 0. The Morgan fingerprint density at radius 3 is 1.26 bits per heavy atom. The Labute approximate surface area is 184 Å². The van der Waals surface area contributed by atoms with Gasteiger partial charge in [-0.3, -0.25) is 0 Å². The number of rotatable bonds is 7. The van der Waals surface area contributed by atoms with Crippen molar-refractivity contribution in [3.8, 4) is 23.0 Å². The van der Waals surface area contributed by atoms with Gasteiger partial charge in [-0.2, -0.15) is 0 Å². The first-order valence-corrected chi connectivity index (χ1v) is 9.99. The highest BCUT2D eigenvalue weighted by Gasteiger charge is 2.20. The van der Waals surface area contributed by atoms with Gasteiger partial charge in [-0.05, 0) is 42.8 Å².